The SMILES string of the molecule is COc1ccc(C(CO)C(=O)CCc2ccncc2)cc1. The lowest BCUT2D eigenvalue weighted by atomic mass is 9.92. The van der Waals surface area contributed by atoms with Crippen LogP contribution in [0.2, 0.25) is 0 Å². The van der Waals surface area contributed by atoms with Crippen LogP contribution in [0, 0.1) is 0 Å². The number of aromatic nitrogens is 1. The van der Waals surface area contributed by atoms with E-state index in [1.807, 2.05) is 24.3 Å². The third-order valence-corrected chi connectivity index (χ3v) is 3.50. The van der Waals surface area contributed by atoms with Crippen LogP contribution in [0.5, 0.6) is 5.75 Å². The standard InChI is InChI=1S/C17H19NO3/c1-21-15-5-3-14(4-6-15)16(12-19)17(20)7-2-13-8-10-18-11-9-13/h3-6,8-11,16,19H,2,7,12H2,1H3. The average molecular weight is 285 g/mol. The van der Waals surface area contributed by atoms with Crippen LogP contribution in [0.1, 0.15) is 23.5 Å². The zero-order chi connectivity index (χ0) is 15.1. The molecule has 2 aromatic rings. The number of nitrogens with zero attached hydrogens (tertiary/aromatic N) is 1. The van der Waals surface area contributed by atoms with Gasteiger partial charge in [-0.05, 0) is 41.8 Å². The summed E-state index contributed by atoms with van der Waals surface area (Å²) in [4.78, 5) is 16.2. The summed E-state index contributed by atoms with van der Waals surface area (Å²) in [6.07, 6.45) is 4.49. The van der Waals surface area contributed by atoms with Gasteiger partial charge >= 0.3 is 0 Å². The van der Waals surface area contributed by atoms with Gasteiger partial charge in [-0.25, -0.2) is 0 Å². The molecule has 0 aliphatic heterocycles. The lowest BCUT2D eigenvalue weighted by molar-refractivity contribution is -0.121. The van der Waals surface area contributed by atoms with Crippen molar-refractivity contribution >= 4 is 5.78 Å². The van der Waals surface area contributed by atoms with E-state index in [4.69, 9.17) is 4.74 Å². The van der Waals surface area contributed by atoms with Gasteiger partial charge in [0.1, 0.15) is 11.5 Å². The molecule has 0 bridgehead atoms. The van der Waals surface area contributed by atoms with Crippen molar-refractivity contribution < 1.29 is 14.6 Å². The molecule has 0 radical (unpaired) electrons. The number of rotatable bonds is 7. The van der Waals surface area contributed by atoms with E-state index in [1.165, 1.54) is 0 Å². The molecule has 1 unspecified atom stereocenters. The Balaban J connectivity index is 2.00. The lowest BCUT2D eigenvalue weighted by Crippen LogP contribution is -2.17. The Kier molecular flexibility index (Phi) is 5.46. The van der Waals surface area contributed by atoms with Crippen LogP contribution in [0.3, 0.4) is 0 Å². The van der Waals surface area contributed by atoms with Gasteiger partial charge in [0.25, 0.3) is 0 Å². The molecule has 0 amide bonds. The first kappa shape index (κ1) is 15.2. The van der Waals surface area contributed by atoms with Crippen LogP contribution in [0.15, 0.2) is 48.8 Å². The summed E-state index contributed by atoms with van der Waals surface area (Å²) in [5, 5.41) is 9.51. The minimum atomic E-state index is -0.474. The maximum atomic E-state index is 12.3. The van der Waals surface area contributed by atoms with E-state index in [-0.39, 0.29) is 12.4 Å². The summed E-state index contributed by atoms with van der Waals surface area (Å²) in [6, 6.07) is 11.0. The Labute approximate surface area is 124 Å². The first-order valence-corrected chi connectivity index (χ1v) is 6.91. The summed E-state index contributed by atoms with van der Waals surface area (Å²) in [6.45, 7) is -0.179. The molecular weight excluding hydrogens is 266 g/mol. The number of benzene rings is 1. The third kappa shape index (κ3) is 4.13. The van der Waals surface area contributed by atoms with Crippen LogP contribution in [0.4, 0.5) is 0 Å². The number of aliphatic hydroxyl groups excluding tert-OH is 1. The number of methoxy groups -OCH3 is 1. The number of ketones is 1. The number of Topliss-reactive ketones (excluding diaryl/α,β-unsaturated/α-hetero) is 1. The quantitative estimate of drug-likeness (QED) is 0.848. The van der Waals surface area contributed by atoms with E-state index in [0.29, 0.717) is 12.8 Å². The van der Waals surface area contributed by atoms with Crippen molar-refractivity contribution in [3.8, 4) is 5.75 Å². The van der Waals surface area contributed by atoms with Gasteiger partial charge in [0.2, 0.25) is 0 Å². The fourth-order valence-corrected chi connectivity index (χ4v) is 2.22. The van der Waals surface area contributed by atoms with Crippen molar-refractivity contribution in [2.75, 3.05) is 13.7 Å². The number of carbonyl (C=O) groups is 1. The summed E-state index contributed by atoms with van der Waals surface area (Å²) < 4.78 is 5.10. The van der Waals surface area contributed by atoms with Crippen molar-refractivity contribution in [3.63, 3.8) is 0 Å². The van der Waals surface area contributed by atoms with Gasteiger partial charge in [-0.15, -0.1) is 0 Å². The van der Waals surface area contributed by atoms with Crippen LogP contribution < -0.4 is 4.74 Å². The second-order valence-electron chi connectivity index (χ2n) is 4.83. The van der Waals surface area contributed by atoms with Gasteiger partial charge in [-0.2, -0.15) is 0 Å². The number of hydrogen-bond acceptors (Lipinski definition) is 4. The molecule has 4 nitrogen and oxygen atoms in total. The molecule has 1 atom stereocenters. The van der Waals surface area contributed by atoms with E-state index < -0.39 is 5.92 Å². The molecule has 0 saturated heterocycles. The van der Waals surface area contributed by atoms with E-state index in [0.717, 1.165) is 16.9 Å². The molecule has 0 aliphatic rings. The predicted molar refractivity (Wildman–Crippen MR) is 80.4 cm³/mol. The first-order valence-electron chi connectivity index (χ1n) is 6.91. The second-order valence-corrected chi connectivity index (χ2v) is 4.83. The number of carbonyl (C=O) groups excluding carboxylic acids is 1. The molecule has 0 fully saturated rings. The highest BCUT2D eigenvalue weighted by Crippen LogP contribution is 2.21. The minimum Gasteiger partial charge on any atom is -0.497 e. The van der Waals surface area contributed by atoms with Gasteiger partial charge in [-0.1, -0.05) is 12.1 Å². The molecule has 1 N–H and O–H groups in total. The molecule has 4 heteroatoms. The molecule has 1 heterocycles. The van der Waals surface area contributed by atoms with Crippen LogP contribution in [-0.2, 0) is 11.2 Å². The van der Waals surface area contributed by atoms with Crippen molar-refractivity contribution in [2.45, 2.75) is 18.8 Å². The van der Waals surface area contributed by atoms with E-state index in [9.17, 15) is 9.90 Å². The normalized spacial score (nSPS) is 11.9. The van der Waals surface area contributed by atoms with Gasteiger partial charge in [-0.3, -0.25) is 9.78 Å². The molecule has 0 spiro atoms. The molecule has 1 aromatic carbocycles. The number of pyridine rings is 1. The largest absolute Gasteiger partial charge is 0.497 e. The second kappa shape index (κ2) is 7.55. The highest BCUT2D eigenvalue weighted by atomic mass is 16.5. The smallest absolute Gasteiger partial charge is 0.142 e. The molecular formula is C17H19NO3. The van der Waals surface area contributed by atoms with Crippen LogP contribution >= 0.6 is 0 Å². The number of aryl methyl sites for hydroxylation is 1. The first-order chi connectivity index (χ1) is 10.2. The van der Waals surface area contributed by atoms with Gasteiger partial charge in [0.15, 0.2) is 0 Å². The Hall–Kier alpha value is -2.20. The zero-order valence-corrected chi connectivity index (χ0v) is 12.0. The Morgan fingerprint density at radius 3 is 2.43 bits per heavy atom. The molecule has 110 valence electrons. The highest BCUT2D eigenvalue weighted by Gasteiger charge is 2.19. The van der Waals surface area contributed by atoms with Crippen molar-refractivity contribution in [1.82, 2.24) is 4.98 Å². The lowest BCUT2D eigenvalue weighted by Gasteiger charge is -2.14. The number of aliphatic hydroxyl groups is 1. The molecule has 2 rings (SSSR count). The van der Waals surface area contributed by atoms with Crippen molar-refractivity contribution in [1.29, 1.82) is 0 Å². The fourth-order valence-electron chi connectivity index (χ4n) is 2.22. The summed E-state index contributed by atoms with van der Waals surface area (Å²) in [5.41, 5.74) is 1.89. The number of ether oxygens (including phenoxy) is 1. The molecule has 21 heavy (non-hydrogen) atoms. The minimum absolute atomic E-state index is 0.0412. The van der Waals surface area contributed by atoms with E-state index >= 15 is 0 Å². The molecule has 0 aliphatic carbocycles. The van der Waals surface area contributed by atoms with Gasteiger partial charge in [0.05, 0.1) is 19.6 Å². The Morgan fingerprint density at radius 1 is 1.19 bits per heavy atom. The monoisotopic (exact) mass is 285 g/mol. The zero-order valence-electron chi connectivity index (χ0n) is 12.0. The fraction of sp³-hybridized carbons (Fsp3) is 0.294. The summed E-state index contributed by atoms with van der Waals surface area (Å²) >= 11 is 0. The maximum Gasteiger partial charge on any atom is 0.142 e. The third-order valence-electron chi connectivity index (χ3n) is 3.50. The topological polar surface area (TPSA) is 59.4 Å². The highest BCUT2D eigenvalue weighted by molar-refractivity contribution is 5.86. The van der Waals surface area contributed by atoms with Crippen LogP contribution in [-0.4, -0.2) is 29.6 Å². The Morgan fingerprint density at radius 2 is 1.86 bits per heavy atom. The van der Waals surface area contributed by atoms with E-state index in [1.54, 1.807) is 31.6 Å². The van der Waals surface area contributed by atoms with E-state index in [2.05, 4.69) is 4.98 Å². The molecule has 1 aromatic heterocycles. The Bertz CT molecular complexity index is 566. The molecule has 0 saturated carbocycles. The van der Waals surface area contributed by atoms with Gasteiger partial charge < -0.3 is 9.84 Å². The predicted octanol–water partition coefficient (Wildman–Crippen LogP) is 2.37. The van der Waals surface area contributed by atoms with Crippen molar-refractivity contribution in [3.05, 3.63) is 59.9 Å². The average Bonchev–Trinajstić information content (AvgIpc) is 2.55. The van der Waals surface area contributed by atoms with Crippen molar-refractivity contribution in [2.24, 2.45) is 0 Å². The maximum absolute atomic E-state index is 12.3. The number of hydrogen-bond donors (Lipinski definition) is 1. The summed E-state index contributed by atoms with van der Waals surface area (Å²) in [5.74, 6) is 0.303. The van der Waals surface area contributed by atoms with Crippen LogP contribution in [0.25, 0.3) is 0 Å². The van der Waals surface area contributed by atoms with Gasteiger partial charge in [0, 0.05) is 18.8 Å². The summed E-state index contributed by atoms with van der Waals surface area (Å²) in [7, 11) is 1.60.